The average molecular weight is 666 g/mol. The van der Waals surface area contributed by atoms with Crippen LogP contribution in [-0.4, -0.2) is 82.7 Å². The second-order valence-electron chi connectivity index (χ2n) is 6.62. The molecule has 204 valence electrons. The standard InChI is InChI=1S/3C5H9BN2O3.3ClH.Zr/c3*1-3-5(11-6(9)10)4(2)8-7-3;;;;/h3*9-10H,1-2H3,(H,7,8);3*1H;/q;;;;;;+4/p-2. The van der Waals surface area contributed by atoms with E-state index >= 15 is 0 Å². The van der Waals surface area contributed by atoms with Crippen LogP contribution in [0.5, 0.6) is 17.2 Å². The quantitative estimate of drug-likeness (QED) is 0.112. The number of aromatic amines is 3. The van der Waals surface area contributed by atoms with Crippen molar-refractivity contribution in [3.63, 3.8) is 0 Å². The van der Waals surface area contributed by atoms with Crippen molar-refractivity contribution in [3.8, 4) is 17.2 Å². The van der Waals surface area contributed by atoms with E-state index in [0.29, 0.717) is 51.4 Å². The fourth-order valence-electron chi connectivity index (χ4n) is 2.46. The first-order valence-electron chi connectivity index (χ1n) is 9.46. The normalized spacial score (nSPS) is 8.76. The molecule has 15 nitrogen and oxygen atoms in total. The summed E-state index contributed by atoms with van der Waals surface area (Å²) in [7, 11) is -5.36. The van der Waals surface area contributed by atoms with Crippen LogP contribution < -0.4 is 51.2 Å². The summed E-state index contributed by atoms with van der Waals surface area (Å²) in [6.45, 7) is 10.3. The number of nitrogens with one attached hydrogen (secondary N) is 3. The molecule has 22 heteroatoms. The van der Waals surface area contributed by atoms with Gasteiger partial charge in [0.05, 0.1) is 34.2 Å². The third-order valence-electron chi connectivity index (χ3n) is 3.85. The molecule has 3 heterocycles. The van der Waals surface area contributed by atoms with Gasteiger partial charge >= 0.3 is 49.6 Å². The van der Waals surface area contributed by atoms with E-state index in [0.717, 1.165) is 0 Å². The van der Waals surface area contributed by atoms with E-state index < -0.39 is 22.0 Å². The zero-order valence-corrected chi connectivity index (χ0v) is 25.3. The van der Waals surface area contributed by atoms with Crippen LogP contribution in [0.2, 0.25) is 0 Å². The molecule has 37 heavy (non-hydrogen) atoms. The third-order valence-corrected chi connectivity index (χ3v) is 3.85. The summed E-state index contributed by atoms with van der Waals surface area (Å²) in [4.78, 5) is 0. The molecule has 3 aromatic rings. The molecule has 0 amide bonds. The molecule has 0 spiro atoms. The SMILES string of the molecule is Cc1n[nH]c(C)c1OB(O)O.Cc1n[nH]c(C)c1OB(O)O.Cc1n[nH]c(C)c1OB(O)O.[Cl-].[Cl-].[Cl-].[H+].[Zr+4]. The Morgan fingerprint density at radius 3 is 0.811 bits per heavy atom. The molecule has 0 saturated heterocycles. The van der Waals surface area contributed by atoms with Crippen molar-refractivity contribution in [2.75, 3.05) is 0 Å². The van der Waals surface area contributed by atoms with E-state index in [1.54, 1.807) is 41.5 Å². The maximum Gasteiger partial charge on any atom is 4.00 e. The Hall–Kier alpha value is -1.26. The Morgan fingerprint density at radius 1 is 0.514 bits per heavy atom. The average Bonchev–Trinajstić information content (AvgIpc) is 3.31. The monoisotopic (exact) mass is 664 g/mol. The number of H-pyrrole nitrogens is 3. The van der Waals surface area contributed by atoms with Crippen LogP contribution in [0.4, 0.5) is 0 Å². The van der Waals surface area contributed by atoms with Crippen molar-refractivity contribution >= 4 is 22.0 Å². The Kier molecular flexibility index (Phi) is 23.9. The van der Waals surface area contributed by atoms with Crippen molar-refractivity contribution in [2.45, 2.75) is 41.5 Å². The molecule has 0 bridgehead atoms. The van der Waals surface area contributed by atoms with E-state index in [9.17, 15) is 0 Å². The van der Waals surface area contributed by atoms with E-state index in [4.69, 9.17) is 30.1 Å². The van der Waals surface area contributed by atoms with Crippen LogP contribution in [0, 0.1) is 41.5 Å². The number of hydrogen-bond acceptors (Lipinski definition) is 12. The smallest absolute Gasteiger partial charge is 1.00 e. The van der Waals surface area contributed by atoms with Crippen LogP contribution >= 0.6 is 0 Å². The van der Waals surface area contributed by atoms with E-state index in [1.165, 1.54) is 0 Å². The van der Waals surface area contributed by atoms with Crippen LogP contribution in [0.1, 0.15) is 35.6 Å². The van der Waals surface area contributed by atoms with Gasteiger partial charge in [0.1, 0.15) is 17.2 Å². The summed E-state index contributed by atoms with van der Waals surface area (Å²) in [6, 6.07) is 0. The number of aryl methyl sites for hydroxylation is 6. The minimum Gasteiger partial charge on any atom is -1.00 e. The van der Waals surface area contributed by atoms with Crippen molar-refractivity contribution in [2.24, 2.45) is 0 Å². The number of aromatic nitrogens is 6. The summed E-state index contributed by atoms with van der Waals surface area (Å²) < 4.78 is 13.9. The number of nitrogens with zero attached hydrogens (tertiary/aromatic N) is 3. The van der Waals surface area contributed by atoms with Gasteiger partial charge in [0, 0.05) is 0 Å². The molecule has 0 aromatic carbocycles. The summed E-state index contributed by atoms with van der Waals surface area (Å²) in [5.74, 6) is 1.17. The van der Waals surface area contributed by atoms with Crippen LogP contribution in [0.15, 0.2) is 0 Å². The van der Waals surface area contributed by atoms with Crippen LogP contribution in [0.3, 0.4) is 0 Å². The molecular weight excluding hydrogens is 638 g/mol. The summed E-state index contributed by atoms with van der Waals surface area (Å²) in [6.07, 6.45) is 0. The minimum absolute atomic E-state index is 0. The Labute approximate surface area is 253 Å². The van der Waals surface area contributed by atoms with Gasteiger partial charge in [0.2, 0.25) is 0 Å². The van der Waals surface area contributed by atoms with Crippen molar-refractivity contribution in [1.29, 1.82) is 0 Å². The van der Waals surface area contributed by atoms with Gasteiger partial charge in [-0.15, -0.1) is 0 Å². The second kappa shape index (κ2) is 20.7. The first-order chi connectivity index (χ1) is 15.3. The molecule has 0 radical (unpaired) electrons. The van der Waals surface area contributed by atoms with Gasteiger partial charge < -0.3 is 81.3 Å². The van der Waals surface area contributed by atoms with Gasteiger partial charge in [-0.05, 0) is 41.5 Å². The molecule has 0 aliphatic heterocycles. The molecule has 0 fully saturated rings. The van der Waals surface area contributed by atoms with Gasteiger partial charge in [-0.3, -0.25) is 15.3 Å². The van der Waals surface area contributed by atoms with Crippen LogP contribution in [-0.2, 0) is 26.2 Å². The van der Waals surface area contributed by atoms with Gasteiger partial charge in [-0.2, -0.15) is 15.3 Å². The fourth-order valence-corrected chi connectivity index (χ4v) is 2.46. The largest absolute Gasteiger partial charge is 4.00 e. The Bertz CT molecular complexity index is 838. The first-order valence-corrected chi connectivity index (χ1v) is 9.46. The number of rotatable bonds is 6. The molecule has 9 N–H and O–H groups in total. The molecular formula is C15H28B3Cl3N6O9Zr+2. The van der Waals surface area contributed by atoms with Gasteiger partial charge in [-0.25, -0.2) is 0 Å². The molecule has 3 aromatic heterocycles. The van der Waals surface area contributed by atoms with Gasteiger partial charge in [0.15, 0.2) is 0 Å². The molecule has 0 unspecified atom stereocenters. The Morgan fingerprint density at radius 2 is 0.703 bits per heavy atom. The molecule has 3 rings (SSSR count). The molecule has 0 atom stereocenters. The molecule has 0 aliphatic carbocycles. The predicted octanol–water partition coefficient (Wildman–Crippen LogP) is -10.8. The van der Waals surface area contributed by atoms with Gasteiger partial charge in [-0.1, -0.05) is 0 Å². The fraction of sp³-hybridized carbons (Fsp3) is 0.400. The summed E-state index contributed by atoms with van der Waals surface area (Å²) in [5.41, 5.74) is 3.85. The van der Waals surface area contributed by atoms with Crippen molar-refractivity contribution in [1.82, 2.24) is 30.6 Å². The van der Waals surface area contributed by atoms with Gasteiger partial charge in [0.25, 0.3) is 0 Å². The summed E-state index contributed by atoms with van der Waals surface area (Å²) >= 11 is 0. The zero-order valence-electron chi connectivity index (χ0n) is 21.6. The third kappa shape index (κ3) is 15.0. The topological polar surface area (TPSA) is 235 Å². The first kappa shape index (κ1) is 42.8. The van der Waals surface area contributed by atoms with Crippen LogP contribution in [0.25, 0.3) is 0 Å². The van der Waals surface area contributed by atoms with Crippen molar-refractivity contribution < 1.29 is 109 Å². The molecule has 0 aliphatic rings. The summed E-state index contributed by atoms with van der Waals surface area (Å²) in [5, 5.41) is 70.1. The Balaban J connectivity index is -0.000000134. The zero-order chi connectivity index (χ0) is 25.3. The second-order valence-corrected chi connectivity index (χ2v) is 6.62. The number of hydrogen-bond donors (Lipinski definition) is 9. The molecule has 0 saturated carbocycles. The number of halogens is 3. The maximum atomic E-state index is 8.46. The van der Waals surface area contributed by atoms with E-state index in [2.05, 4.69) is 44.6 Å². The predicted molar refractivity (Wildman–Crippen MR) is 118 cm³/mol. The van der Waals surface area contributed by atoms with Crippen molar-refractivity contribution in [3.05, 3.63) is 34.2 Å². The maximum absolute atomic E-state index is 8.46. The van der Waals surface area contributed by atoms with E-state index in [1.807, 2.05) is 0 Å². The van der Waals surface area contributed by atoms with E-state index in [-0.39, 0.29) is 64.9 Å². The minimum atomic E-state index is -1.79.